The molecule has 0 aromatic rings. The summed E-state index contributed by atoms with van der Waals surface area (Å²) in [4.78, 5) is 124. The van der Waals surface area contributed by atoms with Crippen molar-refractivity contribution in [1.82, 2.24) is 0 Å². The van der Waals surface area contributed by atoms with Gasteiger partial charge < -0.3 is 65.8 Å². The zero-order chi connectivity index (χ0) is 81.7. The van der Waals surface area contributed by atoms with E-state index in [-0.39, 0.29) is 101 Å². The van der Waals surface area contributed by atoms with Gasteiger partial charge in [-0.2, -0.15) is 0 Å². The number of hydrogen-bond donors (Lipinski definition) is 0. The minimum absolute atomic E-state index is 0. The Morgan fingerprint density at radius 3 is 0.532 bits per heavy atom. The smallest absolute Gasteiger partial charge is 0.756 e. The van der Waals surface area contributed by atoms with Crippen LogP contribution in [0.5, 0.6) is 0 Å². The Morgan fingerprint density at radius 2 is 0.351 bits per heavy atom. The average molecular weight is 1640 g/mol. The Labute approximate surface area is 688 Å². The Morgan fingerprint density at radius 1 is 0.207 bits per heavy atom. The van der Waals surface area contributed by atoms with E-state index in [1.54, 1.807) is 27.7 Å². The molecule has 0 aliphatic carbocycles. The Bertz CT molecular complexity index is 2180. The first-order valence-corrected chi connectivity index (χ1v) is 46.7. The topological polar surface area (TPSA) is 328 Å². The Balaban J connectivity index is -0.00000208. The number of carbonyl (C=O) groups is 8. The van der Waals surface area contributed by atoms with Crippen LogP contribution in [-0.2, 0) is 103 Å². The van der Waals surface area contributed by atoms with E-state index < -0.39 is 114 Å². The van der Waals surface area contributed by atoms with Crippen molar-refractivity contribution in [2.75, 3.05) is 52.9 Å². The first-order valence-electron chi connectivity index (χ1n) is 43.7. The molecule has 6 atom stereocenters. The fourth-order valence-corrected chi connectivity index (χ4v) is 13.3. The summed E-state index contributed by atoms with van der Waals surface area (Å²) in [6, 6.07) is 0. The van der Waals surface area contributed by atoms with Crippen LogP contribution < -0.4 is 9.79 Å². The van der Waals surface area contributed by atoms with Crippen LogP contribution in [0.25, 0.3) is 0 Å². The van der Waals surface area contributed by atoms with E-state index in [2.05, 4.69) is 27.7 Å². The molecule has 0 aliphatic rings. The summed E-state index contributed by atoms with van der Waals surface area (Å²) in [7, 11) is -10.0. The summed E-state index contributed by atoms with van der Waals surface area (Å²) in [6.07, 6.45) is 48.9. The summed E-state index contributed by atoms with van der Waals surface area (Å²) in [5.74, 6) is -4.22. The number of phosphoric ester groups is 2. The van der Waals surface area contributed by atoms with Gasteiger partial charge >= 0.3 is 70.8 Å². The monoisotopic (exact) mass is 1640 g/mol. The van der Waals surface area contributed by atoms with Gasteiger partial charge in [-0.15, -0.1) is 0 Å². The van der Waals surface area contributed by atoms with Gasteiger partial charge in [-0.25, -0.2) is 0 Å². The van der Waals surface area contributed by atoms with E-state index in [1.807, 2.05) is 0 Å². The molecule has 24 nitrogen and oxygen atoms in total. The third-order valence-electron chi connectivity index (χ3n) is 18.3. The normalized spacial score (nSPS) is 13.4. The molecule has 111 heavy (non-hydrogen) atoms. The van der Waals surface area contributed by atoms with Crippen molar-refractivity contribution in [2.24, 2.45) is 0 Å². The van der Waals surface area contributed by atoms with Crippen molar-refractivity contribution >= 4 is 86.5 Å². The van der Waals surface area contributed by atoms with Crippen LogP contribution in [0.2, 0.25) is 0 Å². The molecular weight excluding hydrogens is 1480 g/mol. The van der Waals surface area contributed by atoms with Crippen LogP contribution in [0, 0.1) is 0 Å². The molecule has 27 heteroatoms. The summed E-state index contributed by atoms with van der Waals surface area (Å²) in [5, 5.41) is 0. The van der Waals surface area contributed by atoms with Crippen molar-refractivity contribution in [3.8, 4) is 0 Å². The van der Waals surface area contributed by atoms with Crippen molar-refractivity contribution in [1.29, 1.82) is 0 Å². The second kappa shape index (κ2) is 81.9. The maximum atomic E-state index is 12.7. The average Bonchev–Trinajstić information content (AvgIpc) is 0.900. The second-order valence-corrected chi connectivity index (χ2v) is 32.2. The summed E-state index contributed by atoms with van der Waals surface area (Å²) < 4.78 is 87.9. The second-order valence-electron chi connectivity index (χ2n) is 29.4. The van der Waals surface area contributed by atoms with Gasteiger partial charge in [0.05, 0.1) is 26.4 Å². The van der Waals surface area contributed by atoms with Gasteiger partial charge in [0.1, 0.15) is 26.4 Å². The molecule has 0 radical (unpaired) electrons. The largest absolute Gasteiger partial charge is 2.00 e. The van der Waals surface area contributed by atoms with Crippen LogP contribution >= 0.6 is 15.6 Å². The third-order valence-corrected chi connectivity index (χ3v) is 20.2. The van der Waals surface area contributed by atoms with Gasteiger partial charge in [0, 0.05) is 51.4 Å². The molecule has 648 valence electrons. The zero-order valence-corrected chi connectivity index (χ0v) is 74.2. The van der Waals surface area contributed by atoms with Crippen LogP contribution in [-0.4, -0.2) is 148 Å². The van der Waals surface area contributed by atoms with E-state index in [0.29, 0.717) is 51.4 Å². The predicted octanol–water partition coefficient (Wildman–Crippen LogP) is 20.4. The number of hydrogen-bond acceptors (Lipinski definition) is 24. The van der Waals surface area contributed by atoms with Gasteiger partial charge in [0.2, 0.25) is 0 Å². The molecule has 0 N–H and O–H groups in total. The minimum Gasteiger partial charge on any atom is -0.756 e. The number of esters is 8. The maximum Gasteiger partial charge on any atom is 2.00 e. The van der Waals surface area contributed by atoms with Crippen molar-refractivity contribution < 1.29 is 113 Å². The molecular formula is C84H156MgO24P2. The summed E-state index contributed by atoms with van der Waals surface area (Å²) >= 11 is 0. The maximum absolute atomic E-state index is 12.7. The first-order chi connectivity index (χ1) is 53.1. The SMILES string of the molecule is CCCCCCCCCCCCCC(=O)OC[C@H](COP(=O)([O-])OCC(COC(=O)CCC)OC(=O)CCC)OC(=O)CCCCCCCCCCCCC.CCCCCCCCCCCCCC(=O)OC[C@H](COP(=O)([O-])OCC(COC(=O)CCC)OC(=O)CCC)OC(=O)CCCCCCCCCCCCC.[Mg+2]. The fraction of sp³-hybridized carbons (Fsp3) is 0.905. The quantitative estimate of drug-likeness (QED) is 0.0179. The standard InChI is InChI=1S/2C42H79O12P.Mg/c2*1-5-9-11-13-15-17-19-21-23-25-27-31-40(44)50-34-38(54-42(46)32-28-26-24-22-20-18-16-14-12-10-6-2)36-52-55(47,48)51-35-37(53-41(45)30-8-4)33-49-39(43)29-7-3;/h2*37-38H,5-36H2,1-4H3,(H,47,48);/q;;+2/p-2/t2*37?,38-;/m11./s1. The minimum atomic E-state index is -5.01. The molecule has 0 aromatic carbocycles. The van der Waals surface area contributed by atoms with E-state index in [1.165, 1.54) is 180 Å². The van der Waals surface area contributed by atoms with Gasteiger partial charge in [-0.1, -0.05) is 312 Å². The first kappa shape index (κ1) is 112. The van der Waals surface area contributed by atoms with E-state index in [0.717, 1.165) is 77.0 Å². The van der Waals surface area contributed by atoms with Crippen molar-refractivity contribution in [3.05, 3.63) is 0 Å². The predicted molar refractivity (Wildman–Crippen MR) is 432 cm³/mol. The molecule has 0 saturated carbocycles. The van der Waals surface area contributed by atoms with E-state index in [4.69, 9.17) is 56.0 Å². The van der Waals surface area contributed by atoms with Crippen molar-refractivity contribution in [3.63, 3.8) is 0 Å². The number of ether oxygens (including phenoxy) is 8. The van der Waals surface area contributed by atoms with Gasteiger partial charge in [-0.05, 0) is 51.4 Å². The Kier molecular flexibility index (Phi) is 82.5. The fourth-order valence-electron chi connectivity index (χ4n) is 11.8. The summed E-state index contributed by atoms with van der Waals surface area (Å²) in [5.41, 5.74) is 0. The molecule has 0 aromatic heterocycles. The molecule has 0 saturated heterocycles. The molecule has 0 rings (SSSR count). The van der Waals surface area contributed by atoms with Gasteiger partial charge in [-0.3, -0.25) is 47.5 Å². The van der Waals surface area contributed by atoms with Gasteiger partial charge in [0.15, 0.2) is 24.4 Å². The molecule has 0 aliphatic heterocycles. The molecule has 0 amide bonds. The van der Waals surface area contributed by atoms with E-state index >= 15 is 0 Å². The molecule has 0 fully saturated rings. The number of carbonyl (C=O) groups excluding carboxylic acids is 8. The molecule has 0 heterocycles. The molecule has 4 unspecified atom stereocenters. The third kappa shape index (κ3) is 80.3. The van der Waals surface area contributed by atoms with Crippen LogP contribution in [0.4, 0.5) is 0 Å². The number of phosphoric acid groups is 2. The zero-order valence-electron chi connectivity index (χ0n) is 71.0. The van der Waals surface area contributed by atoms with Gasteiger partial charge in [0.25, 0.3) is 15.6 Å². The number of rotatable bonds is 80. The molecule has 0 bridgehead atoms. The van der Waals surface area contributed by atoms with Crippen molar-refractivity contribution in [2.45, 2.75) is 439 Å². The van der Waals surface area contributed by atoms with Crippen LogP contribution in [0.15, 0.2) is 0 Å². The van der Waals surface area contributed by atoms with E-state index in [9.17, 15) is 57.3 Å². The molecule has 0 spiro atoms. The van der Waals surface area contributed by atoms with Crippen LogP contribution in [0.1, 0.15) is 415 Å². The Hall–Kier alpha value is -3.25. The van der Waals surface area contributed by atoms with Crippen LogP contribution in [0.3, 0.4) is 0 Å². The number of unbranched alkanes of at least 4 members (excludes halogenated alkanes) is 40. The summed E-state index contributed by atoms with van der Waals surface area (Å²) in [6.45, 7) is 12.0.